The van der Waals surface area contributed by atoms with Crippen LogP contribution in [0.2, 0.25) is 0 Å². The second kappa shape index (κ2) is 12.8. The molecule has 2 saturated heterocycles. The second-order valence-corrected chi connectivity index (χ2v) is 18.5. The van der Waals surface area contributed by atoms with Crippen LogP contribution in [0.1, 0.15) is 117 Å². The minimum absolute atomic E-state index is 0.0162. The highest BCUT2D eigenvalue weighted by Gasteiger charge is 2.87. The van der Waals surface area contributed by atoms with E-state index in [1.165, 1.54) is 0 Å². The van der Waals surface area contributed by atoms with Crippen molar-refractivity contribution in [2.75, 3.05) is 19.6 Å². The lowest BCUT2D eigenvalue weighted by Gasteiger charge is -2.44. The Kier molecular flexibility index (Phi) is 9.61. The Labute approximate surface area is 292 Å². The summed E-state index contributed by atoms with van der Waals surface area (Å²) in [6.07, 6.45) is 4.13. The quantitative estimate of drug-likeness (QED) is 0.285. The molecule has 268 valence electrons. The summed E-state index contributed by atoms with van der Waals surface area (Å²) in [7, 11) is 0. The fourth-order valence-corrected chi connectivity index (χ4v) is 9.54. The number of nitrogens with zero attached hydrogens (tertiary/aromatic N) is 2. The number of nitrogens with two attached hydrogens (primary N) is 1. The fourth-order valence-electron chi connectivity index (χ4n) is 9.54. The zero-order valence-corrected chi connectivity index (χ0v) is 30.9. The lowest BCUT2D eigenvalue weighted by Crippen LogP contribution is -2.55. The van der Waals surface area contributed by atoms with Gasteiger partial charge >= 0.3 is 0 Å². The van der Waals surface area contributed by atoms with Crippen LogP contribution >= 0.6 is 0 Å². The number of fused-ring (bicyclic) bond motifs is 1. The summed E-state index contributed by atoms with van der Waals surface area (Å²) in [5.41, 5.74) is 4.36. The summed E-state index contributed by atoms with van der Waals surface area (Å²) >= 11 is 0. The molecule has 2 aliphatic heterocycles. The van der Waals surface area contributed by atoms with Gasteiger partial charge in [-0.05, 0) is 47.1 Å². The van der Waals surface area contributed by atoms with Gasteiger partial charge in [-0.15, -0.1) is 0 Å². The van der Waals surface area contributed by atoms with Gasteiger partial charge in [-0.25, -0.2) is 0 Å². The predicted octanol–water partition coefficient (Wildman–Crippen LogP) is 5.63. The van der Waals surface area contributed by atoms with E-state index in [0.717, 1.165) is 19.3 Å². The molecule has 2 aliphatic carbocycles. The predicted molar refractivity (Wildman–Crippen MR) is 187 cm³/mol. The van der Waals surface area contributed by atoms with Gasteiger partial charge in [-0.3, -0.25) is 28.8 Å². The number of hydrogen-bond acceptors (Lipinski definition) is 6. The molecule has 2 N–H and O–H groups in total. The normalized spacial score (nSPS) is 25.3. The first-order chi connectivity index (χ1) is 22.6. The van der Waals surface area contributed by atoms with Crippen LogP contribution in [-0.2, 0) is 24.0 Å². The first-order valence-corrected chi connectivity index (χ1v) is 18.2. The van der Waals surface area contributed by atoms with Crippen molar-refractivity contribution >= 4 is 35.1 Å². The molecule has 5 rings (SSSR count). The molecule has 2 heterocycles. The molecule has 0 radical (unpaired) electrons. The van der Waals surface area contributed by atoms with Crippen molar-refractivity contribution in [3.05, 3.63) is 35.9 Å². The number of amides is 3. The SMILES string of the molecule is CC(C)(C)CC(=O)C[C@H](C(=O)N1C[C@]2(C[C@H]1C(=O)CC(CC1CCC1)C(=O)C(N)=O)C(C)(C)C21CN(C(=O)c2ccccc2)C1)C(C)(C)C. The molecule has 9 nitrogen and oxygen atoms in total. The van der Waals surface area contributed by atoms with Gasteiger partial charge < -0.3 is 15.5 Å². The first kappa shape index (κ1) is 36.9. The number of carbonyl (C=O) groups is 6. The smallest absolute Gasteiger partial charge is 0.285 e. The van der Waals surface area contributed by atoms with Crippen LogP contribution < -0.4 is 5.73 Å². The van der Waals surface area contributed by atoms with Crippen molar-refractivity contribution in [1.82, 2.24) is 9.80 Å². The van der Waals surface area contributed by atoms with Gasteiger partial charge in [0.15, 0.2) is 5.78 Å². The summed E-state index contributed by atoms with van der Waals surface area (Å²) in [6, 6.07) is 8.41. The lowest BCUT2D eigenvalue weighted by atomic mass is 9.75. The number of carbonyl (C=O) groups excluding carboxylic acids is 6. The third-order valence-corrected chi connectivity index (χ3v) is 12.9. The third-order valence-electron chi connectivity index (χ3n) is 12.9. The summed E-state index contributed by atoms with van der Waals surface area (Å²) in [5, 5.41) is 0. The summed E-state index contributed by atoms with van der Waals surface area (Å²) in [6.45, 7) is 17.7. The van der Waals surface area contributed by atoms with Gasteiger partial charge in [0.1, 0.15) is 5.78 Å². The van der Waals surface area contributed by atoms with Crippen molar-refractivity contribution in [1.29, 1.82) is 0 Å². The Morgan fingerprint density at radius 3 is 2.00 bits per heavy atom. The Morgan fingerprint density at radius 1 is 0.878 bits per heavy atom. The average molecular weight is 676 g/mol. The number of Topliss-reactive ketones (excluding diaryl/α,β-unsaturated/α-hetero) is 3. The number of ketones is 3. The highest BCUT2D eigenvalue weighted by atomic mass is 16.2. The summed E-state index contributed by atoms with van der Waals surface area (Å²) in [5.74, 6) is -3.37. The molecule has 0 bridgehead atoms. The first-order valence-electron chi connectivity index (χ1n) is 18.2. The van der Waals surface area contributed by atoms with Crippen LogP contribution in [0, 0.1) is 44.8 Å². The number of hydrogen-bond donors (Lipinski definition) is 1. The zero-order chi connectivity index (χ0) is 36.3. The highest BCUT2D eigenvalue weighted by molar-refractivity contribution is 6.36. The minimum atomic E-state index is -1.03. The van der Waals surface area contributed by atoms with E-state index in [0.29, 0.717) is 44.5 Å². The third kappa shape index (κ3) is 6.63. The molecule has 1 aromatic rings. The van der Waals surface area contributed by atoms with E-state index in [-0.39, 0.29) is 58.4 Å². The van der Waals surface area contributed by atoms with Crippen molar-refractivity contribution in [2.24, 2.45) is 50.6 Å². The molecule has 1 unspecified atom stereocenters. The maximum Gasteiger partial charge on any atom is 0.285 e. The van der Waals surface area contributed by atoms with E-state index in [4.69, 9.17) is 5.73 Å². The van der Waals surface area contributed by atoms with Gasteiger partial charge in [-0.1, -0.05) is 92.9 Å². The Balaban J connectivity index is 1.45. The van der Waals surface area contributed by atoms with Gasteiger partial charge in [0.25, 0.3) is 11.8 Å². The van der Waals surface area contributed by atoms with Crippen LogP contribution in [0.3, 0.4) is 0 Å². The van der Waals surface area contributed by atoms with Crippen LogP contribution in [0.4, 0.5) is 0 Å². The Bertz CT molecular complexity index is 1510. The molecule has 3 amide bonds. The van der Waals surface area contributed by atoms with Gasteiger partial charge in [0.05, 0.1) is 6.04 Å². The molecule has 1 aromatic carbocycles. The molecule has 4 atom stereocenters. The zero-order valence-electron chi connectivity index (χ0n) is 30.9. The van der Waals surface area contributed by atoms with Gasteiger partial charge in [0.2, 0.25) is 11.7 Å². The van der Waals surface area contributed by atoms with E-state index in [1.54, 1.807) is 4.90 Å². The number of benzene rings is 1. The maximum absolute atomic E-state index is 14.8. The average Bonchev–Trinajstić information content (AvgIpc) is 3.18. The van der Waals surface area contributed by atoms with Crippen molar-refractivity contribution in [3.8, 4) is 0 Å². The number of rotatable bonds is 12. The lowest BCUT2D eigenvalue weighted by molar-refractivity contribution is -0.147. The van der Waals surface area contributed by atoms with E-state index in [9.17, 15) is 28.8 Å². The monoisotopic (exact) mass is 675 g/mol. The Hall–Kier alpha value is -3.36. The molecule has 4 aliphatic rings. The van der Waals surface area contributed by atoms with Crippen molar-refractivity contribution in [2.45, 2.75) is 113 Å². The van der Waals surface area contributed by atoms with E-state index in [1.807, 2.05) is 76.8 Å². The van der Waals surface area contributed by atoms with Crippen molar-refractivity contribution in [3.63, 3.8) is 0 Å². The fraction of sp³-hybridized carbons (Fsp3) is 0.700. The largest absolute Gasteiger partial charge is 0.363 e. The molecule has 9 heteroatoms. The van der Waals surface area contributed by atoms with Crippen LogP contribution in [-0.4, -0.2) is 70.5 Å². The topological polar surface area (TPSA) is 135 Å². The van der Waals surface area contributed by atoms with Crippen LogP contribution in [0.5, 0.6) is 0 Å². The number of primary amides is 1. The summed E-state index contributed by atoms with van der Waals surface area (Å²) < 4.78 is 0. The molecule has 49 heavy (non-hydrogen) atoms. The maximum atomic E-state index is 14.8. The van der Waals surface area contributed by atoms with Crippen LogP contribution in [0.15, 0.2) is 30.3 Å². The standard InChI is InChI=1S/C40H57N3O6/c1-36(2,3)20-28(44)19-29(37(4,5)6)35(49)43-24-39(21-30(43)31(45)18-27(32(46)33(41)47)17-25-13-12-14-25)38(7,8)40(39)22-42(23-40)34(48)26-15-10-9-11-16-26/h9-11,15-16,25,27,29-30H,12-14,17-24H2,1-8H3,(H2,41,47)/t27?,29-,30+,39-/m1/s1. The number of likely N-dealkylation sites (tertiary alicyclic amines) is 2. The molecular weight excluding hydrogens is 618 g/mol. The van der Waals surface area contributed by atoms with Gasteiger partial charge in [0, 0.05) is 67.1 Å². The molecule has 4 fully saturated rings. The molecule has 2 spiro atoms. The van der Waals surface area contributed by atoms with E-state index >= 15 is 0 Å². The highest BCUT2D eigenvalue weighted by Crippen LogP contribution is 2.84. The molecule has 0 aromatic heterocycles. The van der Waals surface area contributed by atoms with Crippen molar-refractivity contribution < 1.29 is 28.8 Å². The molecular formula is C40H57N3O6. The van der Waals surface area contributed by atoms with E-state index < -0.39 is 40.4 Å². The molecule has 2 saturated carbocycles. The second-order valence-electron chi connectivity index (χ2n) is 18.5. The van der Waals surface area contributed by atoms with Gasteiger partial charge in [-0.2, -0.15) is 0 Å². The summed E-state index contributed by atoms with van der Waals surface area (Å²) in [4.78, 5) is 84.6. The van der Waals surface area contributed by atoms with E-state index in [2.05, 4.69) is 13.8 Å². The van der Waals surface area contributed by atoms with Crippen LogP contribution in [0.25, 0.3) is 0 Å². The minimum Gasteiger partial charge on any atom is -0.363 e. The Morgan fingerprint density at radius 2 is 1.49 bits per heavy atom.